The number of aromatic nitrogens is 2. The quantitative estimate of drug-likeness (QED) is 0.744. The maximum Gasteiger partial charge on any atom is 0.433 e. The number of carboxylic acids is 1. The third-order valence-electron chi connectivity index (χ3n) is 4.88. The Balaban J connectivity index is 1.87. The van der Waals surface area contributed by atoms with Crippen molar-refractivity contribution in [1.29, 1.82) is 0 Å². The van der Waals surface area contributed by atoms with Crippen molar-refractivity contribution in [2.75, 3.05) is 0 Å². The van der Waals surface area contributed by atoms with Gasteiger partial charge in [-0.05, 0) is 37.1 Å². The van der Waals surface area contributed by atoms with Crippen LogP contribution in [-0.4, -0.2) is 38.2 Å². The normalized spacial score (nSPS) is 18.2. The van der Waals surface area contributed by atoms with E-state index in [0.717, 1.165) is 18.3 Å². The van der Waals surface area contributed by atoms with Crippen LogP contribution in [0.25, 0.3) is 5.69 Å². The molecule has 1 aliphatic carbocycles. The van der Waals surface area contributed by atoms with Crippen molar-refractivity contribution < 1.29 is 36.6 Å². The van der Waals surface area contributed by atoms with Crippen LogP contribution in [0.2, 0.25) is 0 Å². The number of aliphatic carboxylic acids is 1. The molecule has 1 saturated carbocycles. The number of carbonyl (C=O) groups is 2. The van der Waals surface area contributed by atoms with Gasteiger partial charge in [0.15, 0.2) is 0 Å². The molecule has 0 atom stereocenters. The molecule has 11 heteroatoms. The van der Waals surface area contributed by atoms with Crippen molar-refractivity contribution >= 4 is 11.9 Å². The van der Waals surface area contributed by atoms with Gasteiger partial charge in [-0.3, -0.25) is 4.79 Å². The Bertz CT molecular complexity index is 929. The molecule has 0 spiro atoms. The molecule has 2 aromatic rings. The van der Waals surface area contributed by atoms with E-state index < -0.39 is 60.9 Å². The fourth-order valence-corrected chi connectivity index (χ4v) is 3.23. The number of hydrogen-bond acceptors (Lipinski definition) is 3. The zero-order valence-electron chi connectivity index (χ0n) is 14.8. The van der Waals surface area contributed by atoms with E-state index in [0.29, 0.717) is 4.68 Å². The van der Waals surface area contributed by atoms with E-state index in [1.807, 2.05) is 0 Å². The van der Waals surface area contributed by atoms with Gasteiger partial charge in [0.1, 0.15) is 11.2 Å². The van der Waals surface area contributed by atoms with Crippen LogP contribution in [0.4, 0.5) is 22.0 Å². The summed E-state index contributed by atoms with van der Waals surface area (Å²) in [5.74, 6) is -5.33. The van der Waals surface area contributed by atoms with Gasteiger partial charge in [0, 0.05) is 18.4 Å². The summed E-state index contributed by atoms with van der Waals surface area (Å²) in [4.78, 5) is 24.2. The average Bonchev–Trinajstić information content (AvgIpc) is 3.14. The SMILES string of the molecule is O=C(NC1(C(=O)O)CCC(F)(F)CC1)c1cccc(-n2nccc2C(F)(F)F)c1. The average molecular weight is 417 g/mol. The van der Waals surface area contributed by atoms with Gasteiger partial charge in [0.05, 0.1) is 11.9 Å². The highest BCUT2D eigenvalue weighted by Gasteiger charge is 2.49. The summed E-state index contributed by atoms with van der Waals surface area (Å²) < 4.78 is 66.6. The molecule has 29 heavy (non-hydrogen) atoms. The topological polar surface area (TPSA) is 84.2 Å². The van der Waals surface area contributed by atoms with Crippen LogP contribution in [0.3, 0.4) is 0 Å². The number of halogens is 5. The van der Waals surface area contributed by atoms with E-state index in [4.69, 9.17) is 0 Å². The minimum Gasteiger partial charge on any atom is -0.480 e. The van der Waals surface area contributed by atoms with Crippen molar-refractivity contribution in [2.24, 2.45) is 0 Å². The first-order valence-electron chi connectivity index (χ1n) is 8.59. The summed E-state index contributed by atoms with van der Waals surface area (Å²) in [7, 11) is 0. The van der Waals surface area contributed by atoms with E-state index >= 15 is 0 Å². The lowest BCUT2D eigenvalue weighted by Gasteiger charge is -2.37. The summed E-state index contributed by atoms with van der Waals surface area (Å²) in [5.41, 5.74) is -3.09. The Morgan fingerprint density at radius 2 is 1.76 bits per heavy atom. The second-order valence-electron chi connectivity index (χ2n) is 6.87. The van der Waals surface area contributed by atoms with Crippen molar-refractivity contribution in [3.63, 3.8) is 0 Å². The third-order valence-corrected chi connectivity index (χ3v) is 4.88. The molecule has 1 aliphatic rings. The number of nitrogens with one attached hydrogen (secondary N) is 1. The Hall–Kier alpha value is -2.98. The maximum absolute atomic E-state index is 13.4. The van der Waals surface area contributed by atoms with Gasteiger partial charge >= 0.3 is 12.1 Å². The summed E-state index contributed by atoms with van der Waals surface area (Å²) in [5, 5.41) is 15.4. The van der Waals surface area contributed by atoms with Gasteiger partial charge in [-0.1, -0.05) is 6.07 Å². The smallest absolute Gasteiger partial charge is 0.433 e. The number of rotatable bonds is 4. The van der Waals surface area contributed by atoms with Crippen LogP contribution < -0.4 is 5.32 Å². The molecule has 0 aliphatic heterocycles. The van der Waals surface area contributed by atoms with Crippen molar-refractivity contribution in [2.45, 2.75) is 43.3 Å². The van der Waals surface area contributed by atoms with E-state index in [-0.39, 0.29) is 11.3 Å². The van der Waals surface area contributed by atoms with Crippen LogP contribution >= 0.6 is 0 Å². The summed E-state index contributed by atoms with van der Waals surface area (Å²) in [6, 6.07) is 5.78. The Kier molecular flexibility index (Phi) is 5.10. The minimum absolute atomic E-state index is 0.0606. The second kappa shape index (κ2) is 7.12. The molecule has 0 saturated heterocycles. The van der Waals surface area contributed by atoms with Crippen LogP contribution in [0.1, 0.15) is 41.7 Å². The molecule has 1 heterocycles. The molecule has 0 bridgehead atoms. The molecule has 6 nitrogen and oxygen atoms in total. The predicted molar refractivity (Wildman–Crippen MR) is 89.8 cm³/mol. The Morgan fingerprint density at radius 1 is 1.10 bits per heavy atom. The standard InChI is InChI=1S/C18H16F5N3O3/c19-17(20)7-5-16(6-8-17,15(28)29)25-14(27)11-2-1-3-12(10-11)26-13(4-9-24-26)18(21,22)23/h1-4,9-10H,5-8H2,(H,25,27)(H,28,29). The minimum atomic E-state index is -4.67. The van der Waals surface area contributed by atoms with Crippen molar-refractivity contribution in [3.8, 4) is 5.69 Å². The Morgan fingerprint density at radius 3 is 2.34 bits per heavy atom. The molecule has 1 fully saturated rings. The van der Waals surface area contributed by atoms with Crippen LogP contribution in [0, 0.1) is 0 Å². The molecule has 3 rings (SSSR count). The lowest BCUT2D eigenvalue weighted by molar-refractivity contribution is -0.150. The summed E-state index contributed by atoms with van der Waals surface area (Å²) in [6.07, 6.45) is -6.02. The Labute approximate surface area is 161 Å². The van der Waals surface area contributed by atoms with Gasteiger partial charge < -0.3 is 10.4 Å². The lowest BCUT2D eigenvalue weighted by atomic mass is 9.79. The molecule has 2 N–H and O–H groups in total. The van der Waals surface area contributed by atoms with E-state index in [9.17, 15) is 36.6 Å². The first kappa shape index (κ1) is 20.7. The van der Waals surface area contributed by atoms with Crippen LogP contribution in [0.5, 0.6) is 0 Å². The highest BCUT2D eigenvalue weighted by Crippen LogP contribution is 2.39. The van der Waals surface area contributed by atoms with Gasteiger partial charge in [-0.25, -0.2) is 18.3 Å². The zero-order chi connectivity index (χ0) is 21.4. The molecular formula is C18H16F5N3O3. The highest BCUT2D eigenvalue weighted by molar-refractivity contribution is 5.98. The van der Waals surface area contributed by atoms with Gasteiger partial charge in [0.2, 0.25) is 5.92 Å². The molecule has 1 aromatic heterocycles. The monoisotopic (exact) mass is 417 g/mol. The fraction of sp³-hybridized carbons (Fsp3) is 0.389. The van der Waals surface area contributed by atoms with Gasteiger partial charge in [-0.15, -0.1) is 0 Å². The van der Waals surface area contributed by atoms with Gasteiger partial charge in [-0.2, -0.15) is 18.3 Å². The zero-order valence-corrected chi connectivity index (χ0v) is 14.8. The molecular weight excluding hydrogens is 401 g/mol. The fourth-order valence-electron chi connectivity index (χ4n) is 3.23. The summed E-state index contributed by atoms with van der Waals surface area (Å²) >= 11 is 0. The first-order valence-corrected chi connectivity index (χ1v) is 8.59. The van der Waals surface area contributed by atoms with Crippen LogP contribution in [0.15, 0.2) is 36.5 Å². The largest absolute Gasteiger partial charge is 0.480 e. The van der Waals surface area contributed by atoms with Crippen molar-refractivity contribution in [1.82, 2.24) is 15.1 Å². The number of hydrogen-bond donors (Lipinski definition) is 2. The van der Waals surface area contributed by atoms with E-state index in [1.54, 1.807) is 0 Å². The molecule has 1 aromatic carbocycles. The molecule has 0 radical (unpaired) electrons. The van der Waals surface area contributed by atoms with E-state index in [2.05, 4.69) is 10.4 Å². The number of carboxylic acid groups (broad SMARTS) is 1. The molecule has 156 valence electrons. The number of nitrogens with zero attached hydrogens (tertiary/aromatic N) is 2. The number of carbonyl (C=O) groups excluding carboxylic acids is 1. The third kappa shape index (κ3) is 4.22. The maximum atomic E-state index is 13.4. The second-order valence-corrected chi connectivity index (χ2v) is 6.87. The predicted octanol–water partition coefficient (Wildman–Crippen LogP) is 3.65. The molecule has 0 unspecified atom stereocenters. The summed E-state index contributed by atoms with van der Waals surface area (Å²) in [6.45, 7) is 0. The molecule has 1 amide bonds. The number of alkyl halides is 5. The lowest BCUT2D eigenvalue weighted by Crippen LogP contribution is -2.57. The van der Waals surface area contributed by atoms with Gasteiger partial charge in [0.25, 0.3) is 5.91 Å². The van der Waals surface area contributed by atoms with E-state index in [1.165, 1.54) is 18.2 Å². The van der Waals surface area contributed by atoms with Crippen LogP contribution in [-0.2, 0) is 11.0 Å². The van der Waals surface area contributed by atoms with Crippen molar-refractivity contribution in [3.05, 3.63) is 47.8 Å². The first-order chi connectivity index (χ1) is 13.4. The highest BCUT2D eigenvalue weighted by atomic mass is 19.4. The number of benzene rings is 1. The number of amides is 1.